The highest BCUT2D eigenvalue weighted by molar-refractivity contribution is 6.05. The molecule has 7 heteroatoms. The third-order valence-electron chi connectivity index (χ3n) is 4.58. The van der Waals surface area contributed by atoms with Crippen molar-refractivity contribution in [2.24, 2.45) is 7.05 Å². The molecule has 3 heterocycles. The summed E-state index contributed by atoms with van der Waals surface area (Å²) in [4.78, 5) is 17.6. The summed E-state index contributed by atoms with van der Waals surface area (Å²) in [5, 5.41) is 12.5. The van der Waals surface area contributed by atoms with Crippen molar-refractivity contribution in [3.05, 3.63) is 41.5 Å². The molecular formula is C18H22N6O. The highest BCUT2D eigenvalue weighted by Gasteiger charge is 2.28. The predicted molar refractivity (Wildman–Crippen MR) is 94.4 cm³/mol. The van der Waals surface area contributed by atoms with Crippen LogP contribution >= 0.6 is 0 Å². The molecular weight excluding hydrogens is 316 g/mol. The molecule has 1 fully saturated rings. The first kappa shape index (κ1) is 15.8. The van der Waals surface area contributed by atoms with E-state index in [2.05, 4.69) is 15.5 Å². The number of aryl methyl sites for hydroxylation is 2. The predicted octanol–water partition coefficient (Wildman–Crippen LogP) is 2.17. The summed E-state index contributed by atoms with van der Waals surface area (Å²) in [6.45, 7) is 4.57. The van der Waals surface area contributed by atoms with Crippen molar-refractivity contribution in [1.29, 1.82) is 0 Å². The van der Waals surface area contributed by atoms with Gasteiger partial charge in [-0.1, -0.05) is 0 Å². The van der Waals surface area contributed by atoms with Crippen LogP contribution < -0.4 is 5.32 Å². The summed E-state index contributed by atoms with van der Waals surface area (Å²) >= 11 is 0. The van der Waals surface area contributed by atoms with Crippen molar-refractivity contribution in [3.8, 4) is 0 Å². The van der Waals surface area contributed by atoms with Gasteiger partial charge >= 0.3 is 0 Å². The first-order valence-corrected chi connectivity index (χ1v) is 8.65. The molecule has 1 N–H and O–H groups in total. The molecule has 0 aliphatic heterocycles. The third kappa shape index (κ3) is 3.14. The monoisotopic (exact) mass is 338 g/mol. The normalized spacial score (nSPS) is 15.5. The van der Waals surface area contributed by atoms with Gasteiger partial charge in [-0.15, -0.1) is 0 Å². The Morgan fingerprint density at radius 1 is 1.44 bits per heavy atom. The topological polar surface area (TPSA) is 77.6 Å². The molecule has 4 rings (SSSR count). The molecule has 1 amide bonds. The van der Waals surface area contributed by atoms with E-state index in [-0.39, 0.29) is 11.9 Å². The molecule has 3 aromatic heterocycles. The second-order valence-corrected chi connectivity index (χ2v) is 6.93. The Morgan fingerprint density at radius 3 is 2.92 bits per heavy atom. The second-order valence-electron chi connectivity index (χ2n) is 6.93. The Hall–Kier alpha value is -2.70. The van der Waals surface area contributed by atoms with Crippen molar-refractivity contribution in [3.63, 3.8) is 0 Å². The summed E-state index contributed by atoms with van der Waals surface area (Å²) < 4.78 is 3.58. The van der Waals surface area contributed by atoms with Crippen LogP contribution in [0.2, 0.25) is 0 Å². The zero-order valence-electron chi connectivity index (χ0n) is 14.7. The molecule has 0 bridgehead atoms. The van der Waals surface area contributed by atoms with Crippen molar-refractivity contribution < 1.29 is 4.79 Å². The van der Waals surface area contributed by atoms with Crippen LogP contribution in [-0.2, 0) is 13.6 Å². The largest absolute Gasteiger partial charge is 0.348 e. The Kier molecular flexibility index (Phi) is 3.78. The minimum Gasteiger partial charge on any atom is -0.348 e. The molecule has 1 saturated carbocycles. The Morgan fingerprint density at radius 2 is 2.24 bits per heavy atom. The van der Waals surface area contributed by atoms with Gasteiger partial charge in [-0.2, -0.15) is 10.2 Å². The van der Waals surface area contributed by atoms with Crippen LogP contribution in [0.5, 0.6) is 0 Å². The van der Waals surface area contributed by atoms with Gasteiger partial charge in [-0.3, -0.25) is 14.2 Å². The summed E-state index contributed by atoms with van der Waals surface area (Å²) in [5.74, 6) is 0.397. The van der Waals surface area contributed by atoms with Crippen LogP contribution in [-0.4, -0.2) is 36.5 Å². The van der Waals surface area contributed by atoms with Crippen molar-refractivity contribution >= 4 is 16.9 Å². The molecule has 25 heavy (non-hydrogen) atoms. The smallest absolute Gasteiger partial charge is 0.252 e. The minimum atomic E-state index is -0.0846. The molecule has 0 saturated heterocycles. The summed E-state index contributed by atoms with van der Waals surface area (Å²) in [6, 6.07) is 3.86. The van der Waals surface area contributed by atoms with Crippen LogP contribution in [0.4, 0.5) is 0 Å². The van der Waals surface area contributed by atoms with E-state index in [1.807, 2.05) is 43.9 Å². The van der Waals surface area contributed by atoms with E-state index < -0.39 is 0 Å². The molecule has 1 aliphatic carbocycles. The lowest BCUT2D eigenvalue weighted by molar-refractivity contribution is 0.0937. The van der Waals surface area contributed by atoms with E-state index in [9.17, 15) is 4.79 Å². The lowest BCUT2D eigenvalue weighted by Crippen LogP contribution is -2.36. The number of carbonyl (C=O) groups is 1. The average molecular weight is 338 g/mol. The van der Waals surface area contributed by atoms with Gasteiger partial charge < -0.3 is 5.32 Å². The van der Waals surface area contributed by atoms with Crippen molar-refractivity contribution in [1.82, 2.24) is 29.9 Å². The molecule has 0 spiro atoms. The molecule has 3 aromatic rings. The van der Waals surface area contributed by atoms with Crippen molar-refractivity contribution in [2.45, 2.75) is 45.2 Å². The summed E-state index contributed by atoms with van der Waals surface area (Å²) in [7, 11) is 1.86. The Bertz CT molecular complexity index is 936. The molecule has 1 aliphatic rings. The van der Waals surface area contributed by atoms with Gasteiger partial charge in [0, 0.05) is 30.9 Å². The first-order valence-electron chi connectivity index (χ1n) is 8.65. The fourth-order valence-electron chi connectivity index (χ4n) is 3.10. The molecule has 0 aromatic carbocycles. The molecule has 130 valence electrons. The number of amides is 1. The number of carbonyl (C=O) groups excluding carboxylic acids is 1. The van der Waals surface area contributed by atoms with Gasteiger partial charge in [0.05, 0.1) is 29.4 Å². The standard InChI is InChI=1S/C18H22N6O/c1-11-6-7-24(22-11)10-12(2)20-18(25)14-8-16(13-4-5-13)21-17-15(14)9-19-23(17)3/h6-9,12-13H,4-5,10H2,1-3H3,(H,20,25)/t12-/m0/s1. The van der Waals surface area contributed by atoms with Crippen LogP contribution in [0.3, 0.4) is 0 Å². The second kappa shape index (κ2) is 5.98. The highest BCUT2D eigenvalue weighted by atomic mass is 16.1. The zero-order valence-corrected chi connectivity index (χ0v) is 14.7. The van der Waals surface area contributed by atoms with E-state index in [0.717, 1.165) is 35.3 Å². The number of hydrogen-bond acceptors (Lipinski definition) is 4. The molecule has 7 nitrogen and oxygen atoms in total. The van der Waals surface area contributed by atoms with E-state index in [0.29, 0.717) is 18.0 Å². The van der Waals surface area contributed by atoms with Gasteiger partial charge in [0.1, 0.15) is 0 Å². The van der Waals surface area contributed by atoms with E-state index in [1.165, 1.54) is 0 Å². The zero-order chi connectivity index (χ0) is 17.6. The van der Waals surface area contributed by atoms with Gasteiger partial charge in [0.25, 0.3) is 5.91 Å². The molecule has 0 unspecified atom stereocenters. The van der Waals surface area contributed by atoms with E-state index in [4.69, 9.17) is 4.98 Å². The fourth-order valence-corrected chi connectivity index (χ4v) is 3.10. The van der Waals surface area contributed by atoms with Crippen molar-refractivity contribution in [2.75, 3.05) is 0 Å². The number of fused-ring (bicyclic) bond motifs is 1. The Balaban J connectivity index is 1.58. The van der Waals surface area contributed by atoms with Gasteiger partial charge in [0.2, 0.25) is 0 Å². The number of nitrogens with one attached hydrogen (secondary N) is 1. The number of pyridine rings is 1. The number of rotatable bonds is 5. The van der Waals surface area contributed by atoms with Crippen LogP contribution in [0.1, 0.15) is 47.4 Å². The minimum absolute atomic E-state index is 0.0314. The van der Waals surface area contributed by atoms with Gasteiger partial charge in [0.15, 0.2) is 5.65 Å². The van der Waals surface area contributed by atoms with Crippen LogP contribution in [0.25, 0.3) is 11.0 Å². The quantitative estimate of drug-likeness (QED) is 0.773. The molecule has 1 atom stereocenters. The fraction of sp³-hybridized carbons (Fsp3) is 0.444. The van der Waals surface area contributed by atoms with E-state index in [1.54, 1.807) is 10.9 Å². The maximum Gasteiger partial charge on any atom is 0.252 e. The first-order chi connectivity index (χ1) is 12.0. The third-order valence-corrected chi connectivity index (χ3v) is 4.58. The number of hydrogen-bond donors (Lipinski definition) is 1. The number of aromatic nitrogens is 5. The maximum atomic E-state index is 12.9. The van der Waals surface area contributed by atoms with Gasteiger partial charge in [-0.05, 0) is 38.8 Å². The lowest BCUT2D eigenvalue weighted by Gasteiger charge is -2.15. The molecule has 0 radical (unpaired) electrons. The van der Waals surface area contributed by atoms with Gasteiger partial charge in [-0.25, -0.2) is 4.98 Å². The Labute approximate surface area is 146 Å². The SMILES string of the molecule is Cc1ccn(C[C@H](C)NC(=O)c2cc(C3CC3)nc3c2cnn3C)n1. The summed E-state index contributed by atoms with van der Waals surface area (Å²) in [6.07, 6.45) is 5.93. The number of nitrogens with zero attached hydrogens (tertiary/aromatic N) is 5. The maximum absolute atomic E-state index is 12.9. The van der Waals surface area contributed by atoms with Crippen LogP contribution in [0.15, 0.2) is 24.5 Å². The van der Waals surface area contributed by atoms with Crippen LogP contribution in [0, 0.1) is 6.92 Å². The summed E-state index contributed by atoms with van der Waals surface area (Å²) in [5.41, 5.74) is 3.39. The lowest BCUT2D eigenvalue weighted by atomic mass is 10.1. The highest BCUT2D eigenvalue weighted by Crippen LogP contribution is 2.40. The average Bonchev–Trinajstić information content (AvgIpc) is 3.25. The van der Waals surface area contributed by atoms with E-state index >= 15 is 0 Å².